The van der Waals surface area contributed by atoms with Crippen LogP contribution in [0.25, 0.3) is 0 Å². The van der Waals surface area contributed by atoms with Crippen LogP contribution in [0, 0.1) is 5.41 Å². The summed E-state index contributed by atoms with van der Waals surface area (Å²) in [5, 5.41) is 14.6. The zero-order valence-corrected chi connectivity index (χ0v) is 18.0. The van der Waals surface area contributed by atoms with Crippen molar-refractivity contribution in [3.8, 4) is 0 Å². The van der Waals surface area contributed by atoms with Gasteiger partial charge >= 0.3 is 20.0 Å². The van der Waals surface area contributed by atoms with Crippen LogP contribution in [0.4, 0.5) is 0 Å². The first kappa shape index (κ1) is 23.6. The van der Waals surface area contributed by atoms with E-state index in [1.165, 1.54) is 24.6 Å². The first-order valence-electron chi connectivity index (χ1n) is 8.73. The molecule has 1 fully saturated rings. The third-order valence-electron chi connectivity index (χ3n) is 4.17. The molecule has 162 valence electrons. The third kappa shape index (κ3) is 6.66. The summed E-state index contributed by atoms with van der Waals surface area (Å²) in [5.41, 5.74) is 0.780. The highest BCUT2D eigenvalue weighted by Gasteiger charge is 2.58. The van der Waals surface area contributed by atoms with Crippen LogP contribution in [0.3, 0.4) is 0 Å². The van der Waals surface area contributed by atoms with Crippen LogP contribution in [-0.2, 0) is 34.6 Å². The highest BCUT2D eigenvalue weighted by atomic mass is 32.1. The molecule has 1 amide bonds. The van der Waals surface area contributed by atoms with Crippen molar-refractivity contribution < 1.29 is 38.2 Å². The summed E-state index contributed by atoms with van der Waals surface area (Å²) in [6.07, 6.45) is 0.472. The molecule has 13 heteroatoms. The predicted octanol–water partition coefficient (Wildman–Crippen LogP) is 0.519. The van der Waals surface area contributed by atoms with Crippen molar-refractivity contribution in [1.82, 2.24) is 15.4 Å². The maximum atomic E-state index is 12.6. The second-order valence-corrected chi connectivity index (χ2v) is 9.82. The molecule has 0 spiro atoms. The Morgan fingerprint density at radius 3 is 2.79 bits per heavy atom. The monoisotopic (exact) mass is 450 g/mol. The van der Waals surface area contributed by atoms with E-state index in [0.29, 0.717) is 4.88 Å². The number of aromatic nitrogens is 1. The molecule has 0 aromatic carbocycles. The molecule has 1 saturated heterocycles. The van der Waals surface area contributed by atoms with E-state index in [2.05, 4.69) is 20.1 Å². The second kappa shape index (κ2) is 9.88. The maximum Gasteiger partial charge on any atom is 0.500 e. The SMILES string of the molecule is COC(=O)CCNC(=O)[C@@H]1O[P+](O)(N[C@@H](Cc2cncs2)C(=O)O)OCC1(C)C. The van der Waals surface area contributed by atoms with E-state index >= 15 is 0 Å². The quantitative estimate of drug-likeness (QED) is 0.309. The molecule has 3 atom stereocenters. The van der Waals surface area contributed by atoms with Gasteiger partial charge in [0.1, 0.15) is 6.61 Å². The minimum Gasteiger partial charge on any atom is -0.480 e. The molecule has 4 N–H and O–H groups in total. The van der Waals surface area contributed by atoms with E-state index in [1.807, 2.05) is 0 Å². The van der Waals surface area contributed by atoms with Crippen molar-refractivity contribution in [1.29, 1.82) is 0 Å². The lowest BCUT2D eigenvalue weighted by Gasteiger charge is -2.37. The molecule has 2 heterocycles. The van der Waals surface area contributed by atoms with E-state index < -0.39 is 43.5 Å². The number of carbonyl (C=O) groups excluding carboxylic acids is 2. The molecule has 0 aliphatic carbocycles. The molecule has 0 radical (unpaired) electrons. The van der Waals surface area contributed by atoms with Gasteiger partial charge in [-0.05, 0) is 0 Å². The molecule has 1 unspecified atom stereocenters. The minimum atomic E-state index is -3.84. The number of hydrogen-bond donors (Lipinski definition) is 4. The van der Waals surface area contributed by atoms with Gasteiger partial charge < -0.3 is 15.2 Å². The Kier molecular flexibility index (Phi) is 8.03. The summed E-state index contributed by atoms with van der Waals surface area (Å²) in [6.45, 7) is 3.43. The topological polar surface area (TPSA) is 156 Å². The second-order valence-electron chi connectivity index (χ2n) is 7.08. The lowest BCUT2D eigenvalue weighted by molar-refractivity contribution is -0.142. The van der Waals surface area contributed by atoms with Crippen molar-refractivity contribution in [3.05, 3.63) is 16.6 Å². The van der Waals surface area contributed by atoms with Crippen molar-refractivity contribution in [2.24, 2.45) is 5.41 Å². The number of nitrogens with zero attached hydrogens (tertiary/aromatic N) is 1. The first-order valence-corrected chi connectivity index (χ1v) is 11.2. The smallest absolute Gasteiger partial charge is 0.480 e. The molecule has 0 saturated carbocycles. The fourth-order valence-corrected chi connectivity index (χ4v) is 5.14. The number of hydrogen-bond acceptors (Lipinski definition) is 10. The average molecular weight is 450 g/mol. The molecular formula is C16H25N3O8PS+. The van der Waals surface area contributed by atoms with Crippen LogP contribution in [-0.4, -0.2) is 65.2 Å². The number of carboxylic acid groups (broad SMARTS) is 1. The van der Waals surface area contributed by atoms with E-state index in [-0.39, 0.29) is 26.0 Å². The van der Waals surface area contributed by atoms with Crippen LogP contribution in [0.5, 0.6) is 0 Å². The summed E-state index contributed by atoms with van der Waals surface area (Å²) in [6, 6.07) is -1.20. The summed E-state index contributed by atoms with van der Waals surface area (Å²) in [5.74, 6) is -2.23. The molecule has 2 rings (SSSR count). The van der Waals surface area contributed by atoms with E-state index in [1.54, 1.807) is 19.4 Å². The van der Waals surface area contributed by atoms with Crippen molar-refractivity contribution in [2.45, 2.75) is 38.8 Å². The van der Waals surface area contributed by atoms with Crippen LogP contribution < -0.4 is 10.4 Å². The molecule has 1 aromatic heterocycles. The third-order valence-corrected chi connectivity index (χ3v) is 6.59. The van der Waals surface area contributed by atoms with Gasteiger partial charge in [-0.15, -0.1) is 20.9 Å². The molecule has 29 heavy (non-hydrogen) atoms. The Morgan fingerprint density at radius 2 is 2.21 bits per heavy atom. The number of nitrogens with one attached hydrogen (secondary N) is 2. The van der Waals surface area contributed by atoms with E-state index in [4.69, 9.17) is 9.05 Å². The Morgan fingerprint density at radius 1 is 1.48 bits per heavy atom. The number of rotatable bonds is 9. The summed E-state index contributed by atoms with van der Waals surface area (Å²) in [4.78, 5) is 50.7. The van der Waals surface area contributed by atoms with Gasteiger partial charge in [-0.1, -0.05) is 13.8 Å². The van der Waals surface area contributed by atoms with E-state index in [0.717, 1.165) is 0 Å². The number of methoxy groups -OCH3 is 1. The Hall–Kier alpha value is -1.69. The number of aliphatic carboxylic acids is 1. The highest BCUT2D eigenvalue weighted by molar-refractivity contribution is 7.58. The van der Waals surface area contributed by atoms with Crippen LogP contribution in [0.2, 0.25) is 0 Å². The van der Waals surface area contributed by atoms with Crippen molar-refractivity contribution >= 4 is 37.3 Å². The normalized spacial score (nSPS) is 24.5. The summed E-state index contributed by atoms with van der Waals surface area (Å²) >= 11 is 1.28. The number of ether oxygens (including phenoxy) is 1. The molecular weight excluding hydrogens is 425 g/mol. The largest absolute Gasteiger partial charge is 0.500 e. The minimum absolute atomic E-state index is 0.0144. The Balaban J connectivity index is 2.05. The Labute approximate surface area is 172 Å². The van der Waals surface area contributed by atoms with Gasteiger partial charge in [0.25, 0.3) is 5.91 Å². The van der Waals surface area contributed by atoms with Gasteiger partial charge in [-0.25, -0.2) is 0 Å². The zero-order chi connectivity index (χ0) is 21.7. The molecule has 1 aliphatic rings. The highest BCUT2D eigenvalue weighted by Crippen LogP contribution is 2.60. The predicted molar refractivity (Wildman–Crippen MR) is 104 cm³/mol. The number of amides is 1. The van der Waals surface area contributed by atoms with Crippen LogP contribution >= 0.6 is 19.4 Å². The van der Waals surface area contributed by atoms with Crippen LogP contribution in [0.1, 0.15) is 25.1 Å². The average Bonchev–Trinajstić information content (AvgIpc) is 3.16. The van der Waals surface area contributed by atoms with Crippen molar-refractivity contribution in [3.63, 3.8) is 0 Å². The summed E-state index contributed by atoms with van der Waals surface area (Å²) < 4.78 is 15.5. The molecule has 1 aliphatic heterocycles. The van der Waals surface area contributed by atoms with Gasteiger partial charge in [0.05, 0.1) is 19.0 Å². The molecule has 0 bridgehead atoms. The first-order chi connectivity index (χ1) is 13.6. The van der Waals surface area contributed by atoms with E-state index in [9.17, 15) is 24.4 Å². The van der Waals surface area contributed by atoms with Crippen LogP contribution in [0.15, 0.2) is 11.7 Å². The maximum absolute atomic E-state index is 12.6. The number of carbonyl (C=O) groups is 3. The van der Waals surface area contributed by atoms with Gasteiger partial charge in [-0.2, -0.15) is 9.42 Å². The fourth-order valence-electron chi connectivity index (χ4n) is 2.53. The molecule has 1 aromatic rings. The lowest BCUT2D eigenvalue weighted by Crippen LogP contribution is -2.53. The van der Waals surface area contributed by atoms with Gasteiger partial charge in [0.2, 0.25) is 0 Å². The number of carboxylic acids is 1. The standard InChI is InChI=1S/C16H24N3O8PS/c1-16(2)8-26-28(24,19-11(15(22)23)6-10-7-17-9-29-10)27-13(16)14(21)18-5-4-12(20)25-3/h7,9,11,13,19,24H,4-6,8H2,1-3H3,(H-,18,21,22,23)/p+1/t11-,13-,28?/m0/s1. The fraction of sp³-hybridized carbons (Fsp3) is 0.625. The number of esters is 1. The Bertz CT molecular complexity index is 732. The van der Waals surface area contributed by atoms with Gasteiger partial charge in [0.15, 0.2) is 12.1 Å². The molecule has 11 nitrogen and oxygen atoms in total. The number of thiazole rings is 1. The van der Waals surface area contributed by atoms with Gasteiger partial charge in [0, 0.05) is 29.5 Å². The van der Waals surface area contributed by atoms with Crippen molar-refractivity contribution in [2.75, 3.05) is 20.3 Å². The lowest BCUT2D eigenvalue weighted by atomic mass is 9.87. The van der Waals surface area contributed by atoms with Gasteiger partial charge in [-0.3, -0.25) is 19.4 Å². The zero-order valence-electron chi connectivity index (χ0n) is 16.3. The summed E-state index contributed by atoms with van der Waals surface area (Å²) in [7, 11) is -2.59.